The third kappa shape index (κ3) is 3.64. The van der Waals surface area contributed by atoms with Gasteiger partial charge in [-0.15, -0.1) is 0 Å². The van der Waals surface area contributed by atoms with E-state index in [9.17, 15) is 4.39 Å². The van der Waals surface area contributed by atoms with Gasteiger partial charge in [0.25, 0.3) is 0 Å². The van der Waals surface area contributed by atoms with E-state index in [4.69, 9.17) is 5.73 Å². The van der Waals surface area contributed by atoms with E-state index in [0.717, 1.165) is 12.0 Å². The van der Waals surface area contributed by atoms with E-state index in [0.29, 0.717) is 4.47 Å². The highest BCUT2D eigenvalue weighted by atomic mass is 79.9. The van der Waals surface area contributed by atoms with Crippen molar-refractivity contribution >= 4 is 15.9 Å². The van der Waals surface area contributed by atoms with Crippen LogP contribution in [-0.4, -0.2) is 6.04 Å². The Kier molecular flexibility index (Phi) is 4.72. The maximum atomic E-state index is 13.2. The second-order valence-corrected chi connectivity index (χ2v) is 5.67. The fraction of sp³-hybridized carbons (Fsp3) is 0.250. The van der Waals surface area contributed by atoms with E-state index in [1.54, 1.807) is 12.1 Å². The number of hydrogen-bond donors (Lipinski definition) is 1. The summed E-state index contributed by atoms with van der Waals surface area (Å²) in [5, 5.41) is 0. The molecule has 0 saturated carbocycles. The number of halogens is 2. The Morgan fingerprint density at radius 2 is 1.84 bits per heavy atom. The highest BCUT2D eigenvalue weighted by molar-refractivity contribution is 9.10. The molecule has 0 saturated heterocycles. The van der Waals surface area contributed by atoms with Crippen molar-refractivity contribution in [1.29, 1.82) is 0 Å². The molecule has 2 N–H and O–H groups in total. The largest absolute Gasteiger partial charge is 0.327 e. The van der Waals surface area contributed by atoms with Crippen molar-refractivity contribution in [2.75, 3.05) is 0 Å². The van der Waals surface area contributed by atoms with E-state index in [1.165, 1.54) is 11.6 Å². The minimum atomic E-state index is -0.242. The Hall–Kier alpha value is -1.19. The molecule has 2 aromatic rings. The predicted molar refractivity (Wildman–Crippen MR) is 80.6 cm³/mol. The van der Waals surface area contributed by atoms with Crippen LogP contribution in [0.15, 0.2) is 53.0 Å². The van der Waals surface area contributed by atoms with Crippen LogP contribution in [0.2, 0.25) is 0 Å². The van der Waals surface area contributed by atoms with Gasteiger partial charge in [-0.05, 0) is 51.5 Å². The topological polar surface area (TPSA) is 26.0 Å². The minimum absolute atomic E-state index is 0.0137. The summed E-state index contributed by atoms with van der Waals surface area (Å²) in [6.07, 6.45) is 0.731. The second kappa shape index (κ2) is 6.31. The molecule has 2 atom stereocenters. The molecule has 0 aliphatic rings. The Labute approximate surface area is 121 Å². The van der Waals surface area contributed by atoms with Crippen molar-refractivity contribution < 1.29 is 4.39 Å². The van der Waals surface area contributed by atoms with E-state index >= 15 is 0 Å². The van der Waals surface area contributed by atoms with Crippen molar-refractivity contribution in [1.82, 2.24) is 0 Å². The first-order chi connectivity index (χ1) is 9.08. The van der Waals surface area contributed by atoms with Crippen molar-refractivity contribution in [2.24, 2.45) is 5.73 Å². The third-order valence-corrected chi connectivity index (χ3v) is 4.03. The quantitative estimate of drug-likeness (QED) is 0.894. The zero-order chi connectivity index (χ0) is 13.8. The lowest BCUT2D eigenvalue weighted by atomic mass is 9.90. The molecule has 2 unspecified atom stereocenters. The molecular formula is C16H17BrFN. The van der Waals surface area contributed by atoms with Gasteiger partial charge in [-0.2, -0.15) is 0 Å². The number of rotatable bonds is 4. The molecular weight excluding hydrogens is 305 g/mol. The minimum Gasteiger partial charge on any atom is -0.327 e. The highest BCUT2D eigenvalue weighted by Gasteiger charge is 2.15. The summed E-state index contributed by atoms with van der Waals surface area (Å²) in [5.41, 5.74) is 8.54. The van der Waals surface area contributed by atoms with Crippen molar-refractivity contribution in [3.8, 4) is 0 Å². The average molecular weight is 322 g/mol. The van der Waals surface area contributed by atoms with Gasteiger partial charge in [0.15, 0.2) is 0 Å². The summed E-state index contributed by atoms with van der Waals surface area (Å²) in [4.78, 5) is 0. The molecule has 100 valence electrons. The molecule has 0 bridgehead atoms. The molecule has 0 fully saturated rings. The first-order valence-corrected chi connectivity index (χ1v) is 7.11. The van der Waals surface area contributed by atoms with Crippen LogP contribution in [0.5, 0.6) is 0 Å². The van der Waals surface area contributed by atoms with Crippen LogP contribution in [0.4, 0.5) is 4.39 Å². The zero-order valence-corrected chi connectivity index (χ0v) is 12.4. The summed E-state index contributed by atoms with van der Waals surface area (Å²) in [7, 11) is 0. The van der Waals surface area contributed by atoms with Crippen LogP contribution in [0, 0.1) is 5.82 Å². The van der Waals surface area contributed by atoms with Gasteiger partial charge >= 0.3 is 0 Å². The first kappa shape index (κ1) is 14.2. The molecule has 0 heterocycles. The predicted octanol–water partition coefficient (Wildman–Crippen LogP) is 4.26. The molecule has 2 aromatic carbocycles. The Morgan fingerprint density at radius 3 is 2.47 bits per heavy atom. The molecule has 0 spiro atoms. The van der Waals surface area contributed by atoms with Gasteiger partial charge in [0.05, 0.1) is 4.47 Å². The Morgan fingerprint density at radius 1 is 1.16 bits per heavy atom. The van der Waals surface area contributed by atoms with E-state index in [1.807, 2.05) is 18.2 Å². The summed E-state index contributed by atoms with van der Waals surface area (Å²) >= 11 is 3.20. The molecule has 19 heavy (non-hydrogen) atoms. The van der Waals surface area contributed by atoms with Crippen molar-refractivity contribution in [2.45, 2.75) is 25.3 Å². The molecule has 0 radical (unpaired) electrons. The molecule has 0 aliphatic carbocycles. The fourth-order valence-corrected chi connectivity index (χ4v) is 2.55. The van der Waals surface area contributed by atoms with Gasteiger partial charge in [0.2, 0.25) is 0 Å². The van der Waals surface area contributed by atoms with Gasteiger partial charge < -0.3 is 5.73 Å². The lowest BCUT2D eigenvalue weighted by Crippen LogP contribution is -2.29. The van der Waals surface area contributed by atoms with Crippen LogP contribution in [0.3, 0.4) is 0 Å². The van der Waals surface area contributed by atoms with E-state index in [2.05, 4.69) is 35.0 Å². The van der Waals surface area contributed by atoms with Crippen LogP contribution in [-0.2, 0) is 6.42 Å². The molecule has 2 rings (SSSR count). The van der Waals surface area contributed by atoms with Gasteiger partial charge in [-0.3, -0.25) is 0 Å². The smallest absolute Gasteiger partial charge is 0.137 e. The molecule has 0 amide bonds. The third-order valence-electron chi connectivity index (χ3n) is 3.42. The SMILES string of the molecule is CC(c1ccccc1)C(N)Cc1ccc(F)c(Br)c1. The zero-order valence-electron chi connectivity index (χ0n) is 10.8. The summed E-state index contributed by atoms with van der Waals surface area (Å²) in [6, 6.07) is 15.3. The number of nitrogens with two attached hydrogens (primary N) is 1. The highest BCUT2D eigenvalue weighted by Crippen LogP contribution is 2.22. The lowest BCUT2D eigenvalue weighted by Gasteiger charge is -2.20. The maximum absolute atomic E-state index is 13.2. The summed E-state index contributed by atoms with van der Waals surface area (Å²) in [6.45, 7) is 2.12. The average Bonchev–Trinajstić information content (AvgIpc) is 2.43. The first-order valence-electron chi connectivity index (χ1n) is 6.32. The molecule has 3 heteroatoms. The number of hydrogen-bond acceptors (Lipinski definition) is 1. The molecule has 0 aromatic heterocycles. The van der Waals surface area contributed by atoms with Crippen LogP contribution >= 0.6 is 15.9 Å². The van der Waals surface area contributed by atoms with Gasteiger partial charge in [0.1, 0.15) is 5.82 Å². The lowest BCUT2D eigenvalue weighted by molar-refractivity contribution is 0.562. The van der Waals surface area contributed by atoms with Gasteiger partial charge in [0, 0.05) is 6.04 Å². The normalized spacial score (nSPS) is 14.1. The molecule has 0 aliphatic heterocycles. The Bertz CT molecular complexity index is 542. The molecule has 1 nitrogen and oxygen atoms in total. The van der Waals surface area contributed by atoms with Crippen LogP contribution in [0.1, 0.15) is 24.0 Å². The van der Waals surface area contributed by atoms with Crippen molar-refractivity contribution in [3.63, 3.8) is 0 Å². The van der Waals surface area contributed by atoms with Crippen LogP contribution in [0.25, 0.3) is 0 Å². The maximum Gasteiger partial charge on any atom is 0.137 e. The summed E-state index contributed by atoms with van der Waals surface area (Å²) in [5.74, 6) is 0.0263. The number of benzene rings is 2. The monoisotopic (exact) mass is 321 g/mol. The summed E-state index contributed by atoms with van der Waals surface area (Å²) < 4.78 is 13.7. The standard InChI is InChI=1S/C16H17BrFN/c1-11(13-5-3-2-4-6-13)16(19)10-12-7-8-15(18)14(17)9-12/h2-9,11,16H,10,19H2,1H3. The van der Waals surface area contributed by atoms with E-state index < -0.39 is 0 Å². The second-order valence-electron chi connectivity index (χ2n) is 4.82. The van der Waals surface area contributed by atoms with Crippen LogP contribution < -0.4 is 5.73 Å². The van der Waals surface area contributed by atoms with Crippen molar-refractivity contribution in [3.05, 3.63) is 69.9 Å². The van der Waals surface area contributed by atoms with Gasteiger partial charge in [-0.1, -0.05) is 43.3 Å². The Balaban J connectivity index is 2.08. The van der Waals surface area contributed by atoms with E-state index in [-0.39, 0.29) is 17.8 Å². The van der Waals surface area contributed by atoms with Gasteiger partial charge in [-0.25, -0.2) is 4.39 Å². The fourth-order valence-electron chi connectivity index (χ4n) is 2.12.